The van der Waals surface area contributed by atoms with Crippen molar-refractivity contribution in [2.24, 2.45) is 5.73 Å². The molecule has 29 heavy (non-hydrogen) atoms. The second-order valence-electron chi connectivity index (χ2n) is 6.74. The first-order valence-electron chi connectivity index (χ1n) is 9.46. The lowest BCUT2D eigenvalue weighted by Crippen LogP contribution is -2.40. The molecule has 2 aliphatic rings. The summed E-state index contributed by atoms with van der Waals surface area (Å²) >= 11 is 1.24. The monoisotopic (exact) mass is 416 g/mol. The Balaban J connectivity index is 2.28. The fraction of sp³-hybridized carbons (Fsp3) is 0.381. The molecular formula is C21H24N2O5S. The fourth-order valence-corrected chi connectivity index (χ4v) is 4.60. The van der Waals surface area contributed by atoms with Crippen LogP contribution in [0.4, 0.5) is 0 Å². The summed E-state index contributed by atoms with van der Waals surface area (Å²) in [6.07, 6.45) is 0. The van der Waals surface area contributed by atoms with Crippen molar-refractivity contribution in [2.45, 2.75) is 38.9 Å². The molecule has 8 heteroatoms. The lowest BCUT2D eigenvalue weighted by molar-refractivity contribution is -0.139. The molecule has 0 aromatic heterocycles. The van der Waals surface area contributed by atoms with Crippen molar-refractivity contribution in [3.63, 3.8) is 0 Å². The molecule has 0 unspecified atom stereocenters. The van der Waals surface area contributed by atoms with Crippen molar-refractivity contribution in [1.82, 2.24) is 4.90 Å². The Bertz CT molecular complexity index is 920. The van der Waals surface area contributed by atoms with Gasteiger partial charge in [-0.15, -0.1) is 0 Å². The summed E-state index contributed by atoms with van der Waals surface area (Å²) in [6, 6.07) is 7.47. The molecule has 0 aliphatic carbocycles. The largest absolute Gasteiger partial charge is 0.463 e. The van der Waals surface area contributed by atoms with Gasteiger partial charge in [-0.05, 0) is 33.3 Å². The van der Waals surface area contributed by atoms with Crippen molar-refractivity contribution >= 4 is 29.6 Å². The minimum atomic E-state index is -0.787. The van der Waals surface area contributed by atoms with E-state index in [-0.39, 0.29) is 36.1 Å². The first-order chi connectivity index (χ1) is 13.8. The molecule has 1 aromatic carbocycles. The van der Waals surface area contributed by atoms with E-state index in [2.05, 4.69) is 0 Å². The van der Waals surface area contributed by atoms with Crippen LogP contribution in [0.15, 0.2) is 46.3 Å². The zero-order valence-corrected chi connectivity index (χ0v) is 17.7. The fourth-order valence-electron chi connectivity index (χ4n) is 3.44. The molecule has 1 aromatic rings. The van der Waals surface area contributed by atoms with E-state index in [4.69, 9.17) is 15.2 Å². The van der Waals surface area contributed by atoms with E-state index < -0.39 is 23.1 Å². The molecule has 7 nitrogen and oxygen atoms in total. The summed E-state index contributed by atoms with van der Waals surface area (Å²) in [7, 11) is 0. The Hall–Kier alpha value is -2.74. The van der Waals surface area contributed by atoms with Crippen molar-refractivity contribution in [2.75, 3.05) is 13.2 Å². The Morgan fingerprint density at radius 2 is 1.62 bits per heavy atom. The Kier molecular flexibility index (Phi) is 6.02. The van der Waals surface area contributed by atoms with Gasteiger partial charge in [0.25, 0.3) is 0 Å². The average molecular weight is 416 g/mol. The van der Waals surface area contributed by atoms with E-state index in [0.717, 1.165) is 5.56 Å². The Morgan fingerprint density at radius 3 is 2.17 bits per heavy atom. The van der Waals surface area contributed by atoms with Gasteiger partial charge in [-0.1, -0.05) is 41.6 Å². The first-order valence-corrected chi connectivity index (χ1v) is 10.3. The number of nitrogens with two attached hydrogens (primary N) is 1. The molecule has 2 N–H and O–H groups in total. The van der Waals surface area contributed by atoms with Gasteiger partial charge in [0, 0.05) is 0 Å². The van der Waals surface area contributed by atoms with Gasteiger partial charge in [0.05, 0.1) is 40.6 Å². The molecule has 1 fully saturated rings. The molecular weight excluding hydrogens is 392 g/mol. The predicted octanol–water partition coefficient (Wildman–Crippen LogP) is 2.56. The number of benzene rings is 1. The van der Waals surface area contributed by atoms with E-state index in [0.29, 0.717) is 10.6 Å². The van der Waals surface area contributed by atoms with Crippen LogP contribution >= 0.6 is 11.8 Å². The van der Waals surface area contributed by atoms with Gasteiger partial charge in [-0.25, -0.2) is 9.59 Å². The Morgan fingerprint density at radius 1 is 1.07 bits per heavy atom. The zero-order chi connectivity index (χ0) is 21.3. The maximum absolute atomic E-state index is 13.0. The second-order valence-corrected chi connectivity index (χ2v) is 8.07. The molecule has 154 valence electrons. The number of rotatable bonds is 5. The van der Waals surface area contributed by atoms with Gasteiger partial charge in [0.1, 0.15) is 5.82 Å². The summed E-state index contributed by atoms with van der Waals surface area (Å²) in [6.45, 7) is 7.38. The van der Waals surface area contributed by atoms with Crippen molar-refractivity contribution in [3.8, 4) is 0 Å². The van der Waals surface area contributed by atoms with Gasteiger partial charge in [0.15, 0.2) is 0 Å². The van der Waals surface area contributed by atoms with Crippen LogP contribution in [-0.4, -0.2) is 41.2 Å². The molecule has 0 spiro atoms. The number of carbonyl (C=O) groups excluding carboxylic acids is 3. The smallest absolute Gasteiger partial charge is 0.338 e. The number of carbonyl (C=O) groups is 3. The molecule has 0 saturated carbocycles. The minimum absolute atomic E-state index is 0.000997. The third-order valence-electron chi connectivity index (χ3n) is 4.79. The van der Waals surface area contributed by atoms with E-state index in [1.165, 1.54) is 16.7 Å². The van der Waals surface area contributed by atoms with Crippen molar-refractivity contribution in [3.05, 3.63) is 57.4 Å². The van der Waals surface area contributed by atoms with Crippen LogP contribution in [0, 0.1) is 6.92 Å². The lowest BCUT2D eigenvalue weighted by atomic mass is 9.82. The van der Waals surface area contributed by atoms with Crippen LogP contribution in [0.2, 0.25) is 0 Å². The average Bonchev–Trinajstić information content (AvgIpc) is 2.97. The molecule has 3 rings (SSSR count). The first kappa shape index (κ1) is 21.0. The summed E-state index contributed by atoms with van der Waals surface area (Å²) in [5.41, 5.74) is 8.36. The number of thioether (sulfide) groups is 1. The maximum atomic E-state index is 13.0. The summed E-state index contributed by atoms with van der Waals surface area (Å²) in [4.78, 5) is 39.9. The highest BCUT2D eigenvalue weighted by Gasteiger charge is 2.49. The quantitative estimate of drug-likeness (QED) is 0.737. The highest BCUT2D eigenvalue weighted by Crippen LogP contribution is 2.49. The molecule has 2 aliphatic heterocycles. The van der Waals surface area contributed by atoms with E-state index in [1.807, 2.05) is 31.2 Å². The van der Waals surface area contributed by atoms with Crippen LogP contribution in [0.1, 0.15) is 37.8 Å². The van der Waals surface area contributed by atoms with E-state index in [9.17, 15) is 14.4 Å². The molecule has 0 bridgehead atoms. The summed E-state index contributed by atoms with van der Waals surface area (Å²) < 4.78 is 10.5. The maximum Gasteiger partial charge on any atom is 0.338 e. The topological polar surface area (TPSA) is 98.9 Å². The number of aryl methyl sites for hydroxylation is 1. The molecule has 2 atom stereocenters. The van der Waals surface area contributed by atoms with Crippen molar-refractivity contribution < 1.29 is 23.9 Å². The standard InChI is InChI=1S/C21H24N2O5S/c1-5-27-20(25)15-14(13-9-7-11(3)8-10-13)16(21(26)28-6-2)19-23(17(15)22)18(24)12(4)29-19/h7-10,12,14H,5-6,22H2,1-4H3/t12-,14+/m0/s1. The molecule has 1 saturated heterocycles. The number of esters is 2. The van der Waals surface area contributed by atoms with Gasteiger partial charge < -0.3 is 15.2 Å². The molecule has 1 amide bonds. The predicted molar refractivity (Wildman–Crippen MR) is 109 cm³/mol. The van der Waals surface area contributed by atoms with Crippen LogP contribution in [0.5, 0.6) is 0 Å². The highest BCUT2D eigenvalue weighted by atomic mass is 32.2. The third-order valence-corrected chi connectivity index (χ3v) is 5.97. The van der Waals surface area contributed by atoms with Gasteiger partial charge in [0.2, 0.25) is 5.91 Å². The van der Waals surface area contributed by atoms with Gasteiger partial charge >= 0.3 is 11.9 Å². The number of hydrogen-bond donors (Lipinski definition) is 1. The van der Waals surface area contributed by atoms with Crippen LogP contribution in [0.3, 0.4) is 0 Å². The lowest BCUT2D eigenvalue weighted by Gasteiger charge is -2.33. The second kappa shape index (κ2) is 8.32. The van der Waals surface area contributed by atoms with E-state index >= 15 is 0 Å². The van der Waals surface area contributed by atoms with Crippen LogP contribution in [0.25, 0.3) is 0 Å². The highest BCUT2D eigenvalue weighted by molar-refractivity contribution is 8.04. The van der Waals surface area contributed by atoms with E-state index in [1.54, 1.807) is 20.8 Å². The van der Waals surface area contributed by atoms with Gasteiger partial charge in [-0.3, -0.25) is 9.69 Å². The Labute approximate surface area is 173 Å². The number of amides is 1. The number of ether oxygens (including phenoxy) is 2. The summed E-state index contributed by atoms with van der Waals surface area (Å²) in [5.74, 6) is -2.31. The number of nitrogens with zero attached hydrogens (tertiary/aromatic N) is 1. The molecule has 2 heterocycles. The zero-order valence-electron chi connectivity index (χ0n) is 16.9. The number of fused-ring (bicyclic) bond motifs is 1. The van der Waals surface area contributed by atoms with Crippen molar-refractivity contribution in [1.29, 1.82) is 0 Å². The number of hydrogen-bond acceptors (Lipinski definition) is 7. The van der Waals surface area contributed by atoms with Gasteiger partial charge in [-0.2, -0.15) is 0 Å². The normalized spacial score (nSPS) is 21.4. The van der Waals surface area contributed by atoms with Crippen LogP contribution < -0.4 is 5.73 Å². The summed E-state index contributed by atoms with van der Waals surface area (Å²) in [5, 5.41) is -0.0229. The third kappa shape index (κ3) is 3.64. The molecule has 0 radical (unpaired) electrons. The van der Waals surface area contributed by atoms with Crippen LogP contribution in [-0.2, 0) is 23.9 Å². The minimum Gasteiger partial charge on any atom is -0.463 e. The SMILES string of the molecule is CCOC(=O)C1=C(N)N2C(=O)[C@H](C)SC2=C(C(=O)OCC)[C@@H]1c1ccc(C)cc1.